The third kappa shape index (κ3) is 4.20. The van der Waals surface area contributed by atoms with Gasteiger partial charge in [-0.05, 0) is 54.4 Å². The average Bonchev–Trinajstić information content (AvgIpc) is 3.54. The number of carbonyl (C=O) groups is 1. The molecule has 1 amide bonds. The van der Waals surface area contributed by atoms with Crippen molar-refractivity contribution in [3.8, 4) is 28.5 Å². The molecule has 7 nitrogen and oxygen atoms in total. The molecule has 0 saturated carbocycles. The van der Waals surface area contributed by atoms with E-state index in [9.17, 15) is 4.79 Å². The van der Waals surface area contributed by atoms with Gasteiger partial charge in [0.15, 0.2) is 11.5 Å². The Morgan fingerprint density at radius 2 is 1.83 bits per heavy atom. The van der Waals surface area contributed by atoms with Gasteiger partial charge in [-0.25, -0.2) is 4.98 Å². The normalized spacial score (nSPS) is 12.2. The Morgan fingerprint density at radius 1 is 1.00 bits per heavy atom. The number of benzene rings is 3. The highest BCUT2D eigenvalue weighted by molar-refractivity contribution is 6.11. The zero-order valence-corrected chi connectivity index (χ0v) is 19.8. The van der Waals surface area contributed by atoms with E-state index in [4.69, 9.17) is 19.2 Å². The van der Waals surface area contributed by atoms with Crippen molar-refractivity contribution < 1.29 is 19.0 Å². The lowest BCUT2D eigenvalue weighted by molar-refractivity contribution is -0.121. The van der Waals surface area contributed by atoms with Crippen LogP contribution in [0.25, 0.3) is 33.1 Å². The molecule has 5 aromatic rings. The number of rotatable bonds is 7. The smallest absolute Gasteiger partial charge is 0.231 e. The molecule has 0 atom stereocenters. The summed E-state index contributed by atoms with van der Waals surface area (Å²) < 4.78 is 16.3. The molecule has 0 spiro atoms. The Morgan fingerprint density at radius 3 is 2.69 bits per heavy atom. The first kappa shape index (κ1) is 22.0. The number of fused-ring (bicyclic) bond motifs is 4. The lowest BCUT2D eigenvalue weighted by Crippen LogP contribution is -2.23. The number of ether oxygens (including phenoxy) is 3. The second-order valence-corrected chi connectivity index (χ2v) is 8.75. The molecule has 0 aliphatic carbocycles. The number of hydrogen-bond acceptors (Lipinski definition) is 5. The van der Waals surface area contributed by atoms with Crippen molar-refractivity contribution in [1.29, 1.82) is 0 Å². The minimum atomic E-state index is -0.0173. The predicted molar refractivity (Wildman–Crippen MR) is 138 cm³/mol. The summed E-state index contributed by atoms with van der Waals surface area (Å²) in [6.07, 6.45) is 1.06. The van der Waals surface area contributed by atoms with E-state index in [1.54, 1.807) is 7.11 Å². The molecular formula is C29H25N3O4. The number of nitrogens with one attached hydrogen (secondary N) is 2. The minimum Gasteiger partial charge on any atom is -0.497 e. The van der Waals surface area contributed by atoms with Gasteiger partial charge in [-0.2, -0.15) is 0 Å². The number of hydrogen-bond donors (Lipinski definition) is 2. The van der Waals surface area contributed by atoms with Gasteiger partial charge in [-0.15, -0.1) is 0 Å². The van der Waals surface area contributed by atoms with Crippen molar-refractivity contribution in [3.05, 3.63) is 84.1 Å². The fourth-order valence-electron chi connectivity index (χ4n) is 4.57. The van der Waals surface area contributed by atoms with Gasteiger partial charge < -0.3 is 24.5 Å². The molecule has 36 heavy (non-hydrogen) atoms. The molecule has 0 unspecified atom stereocenters. The maximum absolute atomic E-state index is 12.6. The third-order valence-electron chi connectivity index (χ3n) is 6.46. The molecule has 0 saturated heterocycles. The predicted octanol–water partition coefficient (Wildman–Crippen LogP) is 5.37. The zero-order valence-electron chi connectivity index (χ0n) is 19.8. The van der Waals surface area contributed by atoms with E-state index in [1.165, 1.54) is 0 Å². The van der Waals surface area contributed by atoms with E-state index < -0.39 is 0 Å². The summed E-state index contributed by atoms with van der Waals surface area (Å²) in [7, 11) is 1.64. The Bertz CT molecular complexity index is 1570. The number of aromatic amines is 1. The van der Waals surface area contributed by atoms with Gasteiger partial charge in [0.1, 0.15) is 5.75 Å². The largest absolute Gasteiger partial charge is 0.497 e. The van der Waals surface area contributed by atoms with Crippen LogP contribution in [0.15, 0.2) is 72.8 Å². The molecule has 1 aliphatic rings. The van der Waals surface area contributed by atoms with Gasteiger partial charge in [0.25, 0.3) is 0 Å². The molecule has 0 radical (unpaired) electrons. The average molecular weight is 480 g/mol. The standard InChI is InChI=1S/C29H25N3O4/c1-34-21-10-6-18(7-11-21)8-13-27(33)30-16-20-15-23-22-4-2-3-5-24(22)32-29(23)28(31-20)19-9-12-25-26(14-19)36-17-35-25/h2-7,9-12,14-15,32H,8,13,16-17H2,1H3,(H,30,33). The molecule has 7 heteroatoms. The van der Waals surface area contributed by atoms with Crippen molar-refractivity contribution in [3.63, 3.8) is 0 Å². The quantitative estimate of drug-likeness (QED) is 0.328. The van der Waals surface area contributed by atoms with Gasteiger partial charge in [-0.1, -0.05) is 30.3 Å². The summed E-state index contributed by atoms with van der Waals surface area (Å²) in [6, 6.07) is 23.9. The fraction of sp³-hybridized carbons (Fsp3) is 0.172. The van der Waals surface area contributed by atoms with Gasteiger partial charge in [-0.3, -0.25) is 4.79 Å². The van der Waals surface area contributed by atoms with Crippen molar-refractivity contribution in [1.82, 2.24) is 15.3 Å². The molecule has 180 valence electrons. The van der Waals surface area contributed by atoms with E-state index in [0.717, 1.165) is 55.8 Å². The summed E-state index contributed by atoms with van der Waals surface area (Å²) >= 11 is 0. The lowest BCUT2D eigenvalue weighted by atomic mass is 10.1. The molecule has 3 heterocycles. The van der Waals surface area contributed by atoms with Crippen LogP contribution in [-0.4, -0.2) is 29.8 Å². The molecule has 0 fully saturated rings. The Kier molecular flexibility index (Phi) is 5.65. The van der Waals surface area contributed by atoms with Gasteiger partial charge in [0.05, 0.1) is 30.6 Å². The summed E-state index contributed by atoms with van der Waals surface area (Å²) in [5, 5.41) is 5.22. The molecule has 3 aromatic carbocycles. The topological polar surface area (TPSA) is 85.5 Å². The summed E-state index contributed by atoms with van der Waals surface area (Å²) in [4.78, 5) is 21.1. The van der Waals surface area contributed by atoms with Crippen LogP contribution in [0.5, 0.6) is 17.2 Å². The molecule has 6 rings (SSSR count). The summed E-state index contributed by atoms with van der Waals surface area (Å²) in [5.74, 6) is 2.22. The fourth-order valence-corrected chi connectivity index (χ4v) is 4.57. The van der Waals surface area contributed by atoms with Crippen LogP contribution in [-0.2, 0) is 17.8 Å². The monoisotopic (exact) mass is 479 g/mol. The number of methoxy groups -OCH3 is 1. The molecule has 2 aromatic heterocycles. The van der Waals surface area contributed by atoms with Crippen molar-refractivity contribution in [2.24, 2.45) is 0 Å². The van der Waals surface area contributed by atoms with Crippen molar-refractivity contribution in [2.75, 3.05) is 13.9 Å². The van der Waals surface area contributed by atoms with E-state index in [2.05, 4.69) is 22.4 Å². The van der Waals surface area contributed by atoms with Crippen LogP contribution in [0.2, 0.25) is 0 Å². The Labute approximate surface area is 208 Å². The zero-order chi connectivity index (χ0) is 24.5. The summed E-state index contributed by atoms with van der Waals surface area (Å²) in [6.45, 7) is 0.561. The van der Waals surface area contributed by atoms with Crippen LogP contribution in [0, 0.1) is 0 Å². The maximum atomic E-state index is 12.6. The number of aromatic nitrogens is 2. The summed E-state index contributed by atoms with van der Waals surface area (Å²) in [5.41, 5.74) is 5.60. The highest BCUT2D eigenvalue weighted by Crippen LogP contribution is 2.38. The maximum Gasteiger partial charge on any atom is 0.231 e. The number of H-pyrrole nitrogens is 1. The molecule has 2 N–H and O–H groups in total. The van der Waals surface area contributed by atoms with Crippen LogP contribution in [0.3, 0.4) is 0 Å². The van der Waals surface area contributed by atoms with E-state index in [1.807, 2.05) is 60.7 Å². The van der Waals surface area contributed by atoms with Gasteiger partial charge in [0.2, 0.25) is 12.7 Å². The SMILES string of the molecule is COc1ccc(CCC(=O)NCc2cc3c([nH]c4ccccc43)c(-c3ccc4c(c3)OCO4)n2)cc1. The second kappa shape index (κ2) is 9.26. The van der Waals surface area contributed by atoms with E-state index >= 15 is 0 Å². The number of nitrogens with zero attached hydrogens (tertiary/aromatic N) is 1. The van der Waals surface area contributed by atoms with Crippen LogP contribution in [0.1, 0.15) is 17.7 Å². The van der Waals surface area contributed by atoms with Crippen molar-refractivity contribution in [2.45, 2.75) is 19.4 Å². The number of para-hydroxylation sites is 1. The first-order chi connectivity index (χ1) is 17.7. The van der Waals surface area contributed by atoms with E-state index in [0.29, 0.717) is 25.1 Å². The number of aryl methyl sites for hydroxylation is 1. The molecular weight excluding hydrogens is 454 g/mol. The minimum absolute atomic E-state index is 0.0173. The molecule has 0 bridgehead atoms. The van der Waals surface area contributed by atoms with Crippen LogP contribution >= 0.6 is 0 Å². The molecule has 1 aliphatic heterocycles. The first-order valence-corrected chi connectivity index (χ1v) is 11.9. The lowest BCUT2D eigenvalue weighted by Gasteiger charge is -2.10. The highest BCUT2D eigenvalue weighted by atomic mass is 16.7. The highest BCUT2D eigenvalue weighted by Gasteiger charge is 2.18. The Hall–Kier alpha value is -4.52. The van der Waals surface area contributed by atoms with E-state index in [-0.39, 0.29) is 12.7 Å². The van der Waals surface area contributed by atoms with Crippen molar-refractivity contribution >= 4 is 27.7 Å². The van der Waals surface area contributed by atoms with Crippen LogP contribution in [0.4, 0.5) is 0 Å². The second-order valence-electron chi connectivity index (χ2n) is 8.75. The number of amides is 1. The number of pyridine rings is 1. The Balaban J connectivity index is 1.27. The van der Waals surface area contributed by atoms with Gasteiger partial charge >= 0.3 is 0 Å². The number of carbonyl (C=O) groups excluding carboxylic acids is 1. The van der Waals surface area contributed by atoms with Crippen LogP contribution < -0.4 is 19.5 Å². The first-order valence-electron chi connectivity index (χ1n) is 11.9. The third-order valence-corrected chi connectivity index (χ3v) is 6.46. The van der Waals surface area contributed by atoms with Gasteiger partial charge in [0, 0.05) is 28.3 Å².